The number of carbonyl (C=O) groups excluding carboxylic acids is 1. The van der Waals surface area contributed by atoms with Crippen LogP contribution < -0.4 is 11.5 Å². The molecule has 0 aromatic heterocycles. The maximum absolute atomic E-state index is 10.0. The minimum absolute atomic E-state index is 0.453. The van der Waals surface area contributed by atoms with Gasteiger partial charge in [0.05, 0.1) is 0 Å². The van der Waals surface area contributed by atoms with Crippen LogP contribution in [-0.2, 0) is 4.74 Å². The molecule has 0 aromatic rings. The zero-order valence-electron chi connectivity index (χ0n) is 10.7. The van der Waals surface area contributed by atoms with Gasteiger partial charge in [-0.1, -0.05) is 19.4 Å². The van der Waals surface area contributed by atoms with Crippen molar-refractivity contribution in [3.05, 3.63) is 12.7 Å². The Kier molecular flexibility index (Phi) is 16.9. The molecular formula is C11H26N2O2. The van der Waals surface area contributed by atoms with E-state index in [9.17, 15) is 4.79 Å². The van der Waals surface area contributed by atoms with Gasteiger partial charge < -0.3 is 16.2 Å². The Labute approximate surface area is 93.7 Å². The van der Waals surface area contributed by atoms with E-state index in [1.54, 1.807) is 20.8 Å². The van der Waals surface area contributed by atoms with Crippen LogP contribution in [0.4, 0.5) is 4.79 Å². The molecule has 0 spiro atoms. The van der Waals surface area contributed by atoms with Crippen molar-refractivity contribution in [3.63, 3.8) is 0 Å². The SMILES string of the molecule is C=CCCC.CC(C)(C)OC(N)=O.CN. The molecule has 0 rings (SSSR count). The van der Waals surface area contributed by atoms with E-state index in [1.807, 2.05) is 6.08 Å². The lowest BCUT2D eigenvalue weighted by molar-refractivity contribution is 0.0600. The fourth-order valence-corrected chi connectivity index (χ4v) is 0.506. The average molecular weight is 218 g/mol. The number of hydrogen-bond acceptors (Lipinski definition) is 3. The molecule has 0 heterocycles. The van der Waals surface area contributed by atoms with Crippen LogP contribution in [0.5, 0.6) is 0 Å². The predicted molar refractivity (Wildman–Crippen MR) is 65.6 cm³/mol. The Morgan fingerprint density at radius 2 is 1.80 bits per heavy atom. The summed E-state index contributed by atoms with van der Waals surface area (Å²) in [6.07, 6.45) is 3.58. The largest absolute Gasteiger partial charge is 0.444 e. The van der Waals surface area contributed by atoms with E-state index in [2.05, 4.69) is 24.0 Å². The lowest BCUT2D eigenvalue weighted by atomic mass is 10.2. The number of allylic oxidation sites excluding steroid dienone is 1. The smallest absolute Gasteiger partial charge is 0.405 e. The highest BCUT2D eigenvalue weighted by Crippen LogP contribution is 2.04. The summed E-state index contributed by atoms with van der Waals surface area (Å²) >= 11 is 0. The van der Waals surface area contributed by atoms with E-state index in [-0.39, 0.29) is 0 Å². The Hall–Kier alpha value is -1.03. The first-order chi connectivity index (χ1) is 6.83. The zero-order valence-corrected chi connectivity index (χ0v) is 10.7. The second-order valence-electron chi connectivity index (χ2n) is 3.61. The van der Waals surface area contributed by atoms with Crippen LogP contribution in [-0.4, -0.2) is 18.7 Å². The van der Waals surface area contributed by atoms with Gasteiger partial charge in [-0.25, -0.2) is 4.79 Å². The molecule has 92 valence electrons. The molecule has 0 aliphatic carbocycles. The normalized spacial score (nSPS) is 8.67. The molecule has 0 aliphatic heterocycles. The van der Waals surface area contributed by atoms with Gasteiger partial charge in [0, 0.05) is 0 Å². The fraction of sp³-hybridized carbons (Fsp3) is 0.727. The van der Waals surface area contributed by atoms with E-state index in [4.69, 9.17) is 5.73 Å². The zero-order chi connectivity index (χ0) is 12.9. The first-order valence-corrected chi connectivity index (χ1v) is 5.00. The van der Waals surface area contributed by atoms with Crippen molar-refractivity contribution in [1.82, 2.24) is 0 Å². The van der Waals surface area contributed by atoms with Crippen molar-refractivity contribution in [3.8, 4) is 0 Å². The van der Waals surface area contributed by atoms with Crippen molar-refractivity contribution in [2.75, 3.05) is 7.05 Å². The van der Waals surface area contributed by atoms with Crippen LogP contribution in [0, 0.1) is 0 Å². The standard InChI is InChI=1S/C5H11NO2.C5H10.CH5N/c1-5(2,3)8-4(6)7;1-3-5-4-2;1-2/h1-3H3,(H2,6,7);3H,1,4-5H2,2H3;2H2,1H3. The second kappa shape index (κ2) is 13.0. The third-order valence-electron chi connectivity index (χ3n) is 0.900. The molecule has 4 heteroatoms. The number of carbonyl (C=O) groups is 1. The average Bonchev–Trinajstić information content (AvgIpc) is 2.06. The summed E-state index contributed by atoms with van der Waals surface area (Å²) < 4.78 is 4.58. The minimum atomic E-state index is -0.725. The van der Waals surface area contributed by atoms with Crippen LogP contribution in [0.2, 0.25) is 0 Å². The van der Waals surface area contributed by atoms with Crippen molar-refractivity contribution in [2.45, 2.75) is 46.1 Å². The maximum atomic E-state index is 10.0. The van der Waals surface area contributed by atoms with Gasteiger partial charge in [-0.2, -0.15) is 0 Å². The Balaban J connectivity index is -0.000000177. The highest BCUT2D eigenvalue weighted by atomic mass is 16.6. The van der Waals surface area contributed by atoms with Crippen LogP contribution in [0.25, 0.3) is 0 Å². The van der Waals surface area contributed by atoms with Crippen molar-refractivity contribution in [1.29, 1.82) is 0 Å². The van der Waals surface area contributed by atoms with Crippen LogP contribution in [0.1, 0.15) is 40.5 Å². The number of nitrogens with two attached hydrogens (primary N) is 2. The lowest BCUT2D eigenvalue weighted by Gasteiger charge is -2.16. The summed E-state index contributed by atoms with van der Waals surface area (Å²) in [5.74, 6) is 0. The number of primary amides is 1. The maximum Gasteiger partial charge on any atom is 0.405 e. The molecule has 0 aliphatic rings. The van der Waals surface area contributed by atoms with Gasteiger partial charge in [0.15, 0.2) is 0 Å². The molecule has 0 atom stereocenters. The molecule has 15 heavy (non-hydrogen) atoms. The fourth-order valence-electron chi connectivity index (χ4n) is 0.506. The van der Waals surface area contributed by atoms with Gasteiger partial charge in [0.25, 0.3) is 0 Å². The number of ether oxygens (including phenoxy) is 1. The first kappa shape index (κ1) is 19.5. The number of rotatable bonds is 2. The highest BCUT2D eigenvalue weighted by molar-refractivity contribution is 5.65. The van der Waals surface area contributed by atoms with Crippen molar-refractivity contribution < 1.29 is 9.53 Å². The molecule has 0 bridgehead atoms. The summed E-state index contributed by atoms with van der Waals surface area (Å²) in [4.78, 5) is 10.0. The summed E-state index contributed by atoms with van der Waals surface area (Å²) in [5.41, 5.74) is 8.76. The van der Waals surface area contributed by atoms with Gasteiger partial charge in [-0.15, -0.1) is 6.58 Å². The topological polar surface area (TPSA) is 78.3 Å². The molecule has 1 amide bonds. The van der Waals surface area contributed by atoms with Crippen LogP contribution in [0.15, 0.2) is 12.7 Å². The molecule has 0 saturated heterocycles. The van der Waals surface area contributed by atoms with Gasteiger partial charge in [-0.05, 0) is 34.2 Å². The minimum Gasteiger partial charge on any atom is -0.444 e. The van der Waals surface area contributed by atoms with Gasteiger partial charge in [0.2, 0.25) is 0 Å². The molecule has 0 radical (unpaired) electrons. The molecule has 0 saturated carbocycles. The molecule has 0 unspecified atom stereocenters. The van der Waals surface area contributed by atoms with E-state index in [1.165, 1.54) is 13.5 Å². The van der Waals surface area contributed by atoms with Crippen LogP contribution in [0.3, 0.4) is 0 Å². The van der Waals surface area contributed by atoms with Gasteiger partial charge in [-0.3, -0.25) is 0 Å². The Morgan fingerprint density at radius 3 is 1.80 bits per heavy atom. The monoisotopic (exact) mass is 218 g/mol. The van der Waals surface area contributed by atoms with E-state index in [0.717, 1.165) is 6.42 Å². The summed E-state index contributed by atoms with van der Waals surface area (Å²) in [7, 11) is 1.50. The van der Waals surface area contributed by atoms with Crippen molar-refractivity contribution >= 4 is 6.09 Å². The van der Waals surface area contributed by atoms with Gasteiger partial charge >= 0.3 is 6.09 Å². The molecule has 4 nitrogen and oxygen atoms in total. The second-order valence-corrected chi connectivity index (χ2v) is 3.61. The lowest BCUT2D eigenvalue weighted by Crippen LogP contribution is -2.27. The molecule has 0 aromatic carbocycles. The Morgan fingerprint density at radius 1 is 1.40 bits per heavy atom. The number of unbranched alkanes of at least 4 members (excludes halogenated alkanes) is 1. The first-order valence-electron chi connectivity index (χ1n) is 5.00. The third-order valence-corrected chi connectivity index (χ3v) is 0.900. The van der Waals surface area contributed by atoms with Gasteiger partial charge in [0.1, 0.15) is 5.60 Å². The van der Waals surface area contributed by atoms with Crippen LogP contribution >= 0.6 is 0 Å². The van der Waals surface area contributed by atoms with E-state index >= 15 is 0 Å². The summed E-state index contributed by atoms with van der Waals surface area (Å²) in [6.45, 7) is 11.0. The molecule has 0 fully saturated rings. The van der Waals surface area contributed by atoms with E-state index < -0.39 is 11.7 Å². The van der Waals surface area contributed by atoms with E-state index in [0.29, 0.717) is 0 Å². The third kappa shape index (κ3) is 43.8. The summed E-state index contributed by atoms with van der Waals surface area (Å²) in [5, 5.41) is 0. The molecular weight excluding hydrogens is 192 g/mol. The highest BCUT2D eigenvalue weighted by Gasteiger charge is 2.12. The quantitative estimate of drug-likeness (QED) is 0.699. The van der Waals surface area contributed by atoms with Crippen molar-refractivity contribution in [2.24, 2.45) is 11.5 Å². The molecule has 4 N–H and O–H groups in total. The number of hydrogen-bond donors (Lipinski definition) is 2. The Bertz CT molecular complexity index is 151. The number of amides is 1. The predicted octanol–water partition coefficient (Wildman–Crippen LogP) is 2.43. The summed E-state index contributed by atoms with van der Waals surface area (Å²) in [6, 6.07) is 0.